The Kier molecular flexibility index (Phi) is 5.79. The van der Waals surface area contributed by atoms with E-state index in [1.54, 1.807) is 25.1 Å². The molecule has 0 aliphatic heterocycles. The summed E-state index contributed by atoms with van der Waals surface area (Å²) in [6.07, 6.45) is 0. The van der Waals surface area contributed by atoms with Crippen LogP contribution in [0.15, 0.2) is 24.3 Å². The van der Waals surface area contributed by atoms with Crippen LogP contribution in [0.1, 0.15) is 18.5 Å². The average molecular weight is 301 g/mol. The summed E-state index contributed by atoms with van der Waals surface area (Å²) in [6, 6.07) is 4.85. The molecule has 0 saturated carbocycles. The van der Waals surface area contributed by atoms with E-state index in [1.165, 1.54) is 11.9 Å². The summed E-state index contributed by atoms with van der Waals surface area (Å²) in [7, 11) is 1.54. The number of urea groups is 1. The van der Waals surface area contributed by atoms with Crippen LogP contribution in [-0.4, -0.2) is 46.8 Å². The maximum atomic E-state index is 11.9. The van der Waals surface area contributed by atoms with Gasteiger partial charge in [-0.2, -0.15) is 0 Å². The minimum absolute atomic E-state index is 0.290. The summed E-state index contributed by atoms with van der Waals surface area (Å²) < 4.78 is 0. The highest BCUT2D eigenvalue weighted by atomic mass is 35.5. The smallest absolute Gasteiger partial charge is 0.328 e. The molecule has 2 atom stereocenters. The van der Waals surface area contributed by atoms with E-state index < -0.39 is 24.6 Å². The lowest BCUT2D eigenvalue weighted by molar-refractivity contribution is -0.140. The molecule has 0 saturated heterocycles. The lowest BCUT2D eigenvalue weighted by atomic mass is 10.1. The molecule has 110 valence electrons. The fourth-order valence-electron chi connectivity index (χ4n) is 1.60. The van der Waals surface area contributed by atoms with Crippen LogP contribution in [0.4, 0.5) is 4.79 Å². The van der Waals surface area contributed by atoms with Gasteiger partial charge in [0.1, 0.15) is 0 Å². The number of aliphatic carboxylic acids is 1. The number of hydrogen-bond acceptors (Lipinski definition) is 3. The van der Waals surface area contributed by atoms with Gasteiger partial charge < -0.3 is 20.4 Å². The molecule has 20 heavy (non-hydrogen) atoms. The molecular formula is C13H17ClN2O4. The highest BCUT2D eigenvalue weighted by Gasteiger charge is 2.23. The third-order valence-electron chi connectivity index (χ3n) is 3.01. The van der Waals surface area contributed by atoms with E-state index in [2.05, 4.69) is 5.32 Å². The van der Waals surface area contributed by atoms with Gasteiger partial charge in [-0.05, 0) is 24.6 Å². The Morgan fingerprint density at radius 2 is 2.10 bits per heavy atom. The van der Waals surface area contributed by atoms with E-state index in [4.69, 9.17) is 21.8 Å². The van der Waals surface area contributed by atoms with Gasteiger partial charge in [0.2, 0.25) is 0 Å². The molecule has 2 amide bonds. The molecule has 1 aromatic rings. The van der Waals surface area contributed by atoms with Crippen molar-refractivity contribution in [2.24, 2.45) is 0 Å². The Bertz CT molecular complexity index is 495. The summed E-state index contributed by atoms with van der Waals surface area (Å²) in [5.41, 5.74) is 0.825. The first-order chi connectivity index (χ1) is 9.36. The highest BCUT2D eigenvalue weighted by Crippen LogP contribution is 2.21. The number of carboxylic acids is 1. The van der Waals surface area contributed by atoms with Crippen molar-refractivity contribution < 1.29 is 19.8 Å². The number of carboxylic acid groups (broad SMARTS) is 1. The molecule has 0 heterocycles. The maximum Gasteiger partial charge on any atom is 0.328 e. The third-order valence-corrected chi connectivity index (χ3v) is 3.25. The number of amides is 2. The molecule has 6 nitrogen and oxygen atoms in total. The van der Waals surface area contributed by atoms with Gasteiger partial charge in [0, 0.05) is 12.1 Å². The number of carbonyl (C=O) groups excluding carboxylic acids is 1. The van der Waals surface area contributed by atoms with E-state index >= 15 is 0 Å². The topological polar surface area (TPSA) is 89.9 Å². The van der Waals surface area contributed by atoms with Gasteiger partial charge in [-0.1, -0.05) is 23.7 Å². The van der Waals surface area contributed by atoms with Gasteiger partial charge >= 0.3 is 12.0 Å². The molecular weight excluding hydrogens is 284 g/mol. The summed E-state index contributed by atoms with van der Waals surface area (Å²) in [5, 5.41) is 20.5. The standard InChI is InChI=1S/C13H17ClN2O4/c1-8(9-4-3-5-10(14)6-9)16(2)13(20)15-11(7-17)12(18)19/h3-6,8,11,17H,7H2,1-2H3,(H,15,20)(H,18,19)/t8?,11-/m1/s1. The third kappa shape index (κ3) is 4.11. The van der Waals surface area contributed by atoms with Gasteiger partial charge in [0.25, 0.3) is 0 Å². The van der Waals surface area contributed by atoms with E-state index in [9.17, 15) is 9.59 Å². The van der Waals surface area contributed by atoms with Crippen LogP contribution in [-0.2, 0) is 4.79 Å². The minimum Gasteiger partial charge on any atom is -0.480 e. The van der Waals surface area contributed by atoms with Crippen LogP contribution >= 0.6 is 11.6 Å². The number of benzene rings is 1. The summed E-state index contributed by atoms with van der Waals surface area (Å²) in [5.74, 6) is -1.29. The van der Waals surface area contributed by atoms with Crippen molar-refractivity contribution in [3.8, 4) is 0 Å². The molecule has 3 N–H and O–H groups in total. The molecule has 1 aromatic carbocycles. The van der Waals surface area contributed by atoms with Crippen LogP contribution in [0.25, 0.3) is 0 Å². The summed E-state index contributed by atoms with van der Waals surface area (Å²) in [6.45, 7) is 1.13. The van der Waals surface area contributed by atoms with Gasteiger partial charge in [-0.15, -0.1) is 0 Å². The Morgan fingerprint density at radius 3 is 2.60 bits per heavy atom. The van der Waals surface area contributed by atoms with E-state index in [0.29, 0.717) is 5.02 Å². The number of carbonyl (C=O) groups is 2. The predicted molar refractivity (Wildman–Crippen MR) is 74.7 cm³/mol. The monoisotopic (exact) mass is 300 g/mol. The van der Waals surface area contributed by atoms with Crippen molar-refractivity contribution in [3.05, 3.63) is 34.9 Å². The van der Waals surface area contributed by atoms with Gasteiger partial charge in [0.05, 0.1) is 12.6 Å². The first-order valence-electron chi connectivity index (χ1n) is 5.99. The Labute approximate surface area is 122 Å². The predicted octanol–water partition coefficient (Wildman–Crippen LogP) is 1.49. The van der Waals surface area contributed by atoms with Crippen molar-refractivity contribution in [1.82, 2.24) is 10.2 Å². The van der Waals surface area contributed by atoms with Crippen LogP contribution in [0.5, 0.6) is 0 Å². The van der Waals surface area contributed by atoms with Crippen molar-refractivity contribution >= 4 is 23.6 Å². The van der Waals surface area contributed by atoms with Crippen molar-refractivity contribution in [1.29, 1.82) is 0 Å². The molecule has 0 aliphatic rings. The zero-order valence-corrected chi connectivity index (χ0v) is 12.0. The number of aliphatic hydroxyl groups is 1. The second-order valence-corrected chi connectivity index (χ2v) is 4.80. The van der Waals surface area contributed by atoms with Crippen molar-refractivity contribution in [2.75, 3.05) is 13.7 Å². The van der Waals surface area contributed by atoms with Crippen LogP contribution in [0.3, 0.4) is 0 Å². The molecule has 7 heteroatoms. The fourth-order valence-corrected chi connectivity index (χ4v) is 1.80. The highest BCUT2D eigenvalue weighted by molar-refractivity contribution is 6.30. The number of nitrogens with one attached hydrogen (secondary N) is 1. The summed E-state index contributed by atoms with van der Waals surface area (Å²) >= 11 is 5.89. The van der Waals surface area contributed by atoms with Crippen molar-refractivity contribution in [3.63, 3.8) is 0 Å². The average Bonchev–Trinajstić information content (AvgIpc) is 2.42. The van der Waals surface area contributed by atoms with E-state index in [1.807, 2.05) is 6.07 Å². The molecule has 1 rings (SSSR count). The number of nitrogens with zero attached hydrogens (tertiary/aromatic N) is 1. The number of hydrogen-bond donors (Lipinski definition) is 3. The first-order valence-corrected chi connectivity index (χ1v) is 6.37. The second kappa shape index (κ2) is 7.12. The van der Waals surface area contributed by atoms with E-state index in [0.717, 1.165) is 5.56 Å². The molecule has 0 aliphatic carbocycles. The van der Waals surface area contributed by atoms with Crippen LogP contribution < -0.4 is 5.32 Å². The largest absolute Gasteiger partial charge is 0.480 e. The normalized spacial score (nSPS) is 13.4. The molecule has 1 unspecified atom stereocenters. The number of halogens is 1. The molecule has 0 radical (unpaired) electrons. The number of rotatable bonds is 5. The van der Waals surface area contributed by atoms with Gasteiger partial charge in [-0.3, -0.25) is 0 Å². The lowest BCUT2D eigenvalue weighted by Crippen LogP contribution is -2.48. The van der Waals surface area contributed by atoms with Crippen LogP contribution in [0, 0.1) is 0 Å². The van der Waals surface area contributed by atoms with Gasteiger partial charge in [-0.25, -0.2) is 9.59 Å². The Morgan fingerprint density at radius 1 is 1.45 bits per heavy atom. The van der Waals surface area contributed by atoms with Crippen LogP contribution in [0.2, 0.25) is 5.02 Å². The number of aliphatic hydroxyl groups excluding tert-OH is 1. The van der Waals surface area contributed by atoms with Gasteiger partial charge in [0.15, 0.2) is 6.04 Å². The summed E-state index contributed by atoms with van der Waals surface area (Å²) in [4.78, 5) is 24.0. The Hall–Kier alpha value is -1.79. The Balaban J connectivity index is 2.76. The SMILES string of the molecule is CC(c1cccc(Cl)c1)N(C)C(=O)N[C@H](CO)C(=O)O. The van der Waals surface area contributed by atoms with E-state index in [-0.39, 0.29) is 6.04 Å². The maximum absolute atomic E-state index is 11.9. The minimum atomic E-state index is -1.32. The second-order valence-electron chi connectivity index (χ2n) is 4.36. The zero-order valence-electron chi connectivity index (χ0n) is 11.2. The lowest BCUT2D eigenvalue weighted by Gasteiger charge is -2.27. The first kappa shape index (κ1) is 16.3. The molecule has 0 aromatic heterocycles. The fraction of sp³-hybridized carbons (Fsp3) is 0.385. The molecule has 0 bridgehead atoms. The zero-order chi connectivity index (χ0) is 15.3. The molecule has 0 fully saturated rings. The van der Waals surface area contributed by atoms with Crippen molar-refractivity contribution in [2.45, 2.75) is 19.0 Å². The quantitative estimate of drug-likeness (QED) is 0.768. The molecule has 0 spiro atoms.